The van der Waals surface area contributed by atoms with Gasteiger partial charge < -0.3 is 19.4 Å². The minimum Gasteiger partial charge on any atom is -0.544 e. The summed E-state index contributed by atoms with van der Waals surface area (Å²) >= 11 is 13.0. The number of alkyl halides is 2. The summed E-state index contributed by atoms with van der Waals surface area (Å²) in [6.07, 6.45) is 0. The van der Waals surface area contributed by atoms with E-state index in [1.807, 2.05) is 0 Å². The second-order valence-electron chi connectivity index (χ2n) is 5.58. The van der Waals surface area contributed by atoms with Crippen LogP contribution in [-0.4, -0.2) is 22.4 Å². The molecule has 2 aromatic heterocycles. The van der Waals surface area contributed by atoms with Crippen molar-refractivity contribution >= 4 is 40.5 Å². The maximum atomic E-state index is 14.5. The van der Waals surface area contributed by atoms with Gasteiger partial charge in [0, 0.05) is 18.2 Å². The van der Waals surface area contributed by atoms with Crippen LogP contribution < -0.4 is 14.6 Å². The topological polar surface area (TPSA) is 76.4 Å². The number of thiophene rings is 1. The maximum Gasteiger partial charge on any atom is 0.388 e. The first kappa shape index (κ1) is 21.3. The molecule has 0 aliphatic carbocycles. The van der Waals surface area contributed by atoms with Gasteiger partial charge >= 0.3 is 6.61 Å². The average molecular weight is 466 g/mol. The Morgan fingerprint density at radius 3 is 2.76 bits per heavy atom. The van der Waals surface area contributed by atoms with Gasteiger partial charge in [0.1, 0.15) is 28.9 Å². The Balaban J connectivity index is 1.94. The number of hydrogen-bond donors (Lipinski definition) is 0. The van der Waals surface area contributed by atoms with Gasteiger partial charge in [-0.3, -0.25) is 0 Å². The Morgan fingerprint density at radius 2 is 2.10 bits per heavy atom. The van der Waals surface area contributed by atoms with E-state index < -0.39 is 24.3 Å². The number of aromatic carboxylic acids is 1. The molecule has 12 heteroatoms. The molecule has 0 saturated heterocycles. The molecule has 0 aliphatic rings. The van der Waals surface area contributed by atoms with Crippen molar-refractivity contribution in [3.05, 3.63) is 49.9 Å². The first-order chi connectivity index (χ1) is 13.7. The molecule has 0 aliphatic heterocycles. The van der Waals surface area contributed by atoms with Gasteiger partial charge in [-0.05, 0) is 23.6 Å². The predicted octanol–water partition coefficient (Wildman–Crippen LogP) is 4.14. The summed E-state index contributed by atoms with van der Waals surface area (Å²) in [7, 11) is 1.30. The Hall–Kier alpha value is -2.43. The number of carbonyl (C=O) groups is 1. The Kier molecular flexibility index (Phi) is 6.25. The average Bonchev–Trinajstić information content (AvgIpc) is 3.21. The van der Waals surface area contributed by atoms with Crippen molar-refractivity contribution in [3.8, 4) is 22.9 Å². The van der Waals surface area contributed by atoms with Crippen LogP contribution in [0.3, 0.4) is 0 Å². The molecule has 3 rings (SSSR count). The number of nitrogens with zero attached hydrogens (tertiary/aromatic N) is 2. The van der Waals surface area contributed by atoms with E-state index in [9.17, 15) is 23.1 Å². The highest BCUT2D eigenvalue weighted by Gasteiger charge is 2.23. The van der Waals surface area contributed by atoms with E-state index in [0.29, 0.717) is 5.56 Å². The molecule has 154 valence electrons. The van der Waals surface area contributed by atoms with E-state index in [-0.39, 0.29) is 38.5 Å². The highest BCUT2D eigenvalue weighted by molar-refractivity contribution is 7.12. The van der Waals surface area contributed by atoms with Crippen LogP contribution in [0.1, 0.15) is 15.2 Å². The van der Waals surface area contributed by atoms with Crippen LogP contribution in [0.15, 0.2) is 23.6 Å². The lowest BCUT2D eigenvalue weighted by atomic mass is 10.1. The second kappa shape index (κ2) is 8.52. The van der Waals surface area contributed by atoms with Crippen molar-refractivity contribution in [3.63, 3.8) is 0 Å². The van der Waals surface area contributed by atoms with Gasteiger partial charge in [0.25, 0.3) is 0 Å². The Labute approximate surface area is 176 Å². The van der Waals surface area contributed by atoms with Crippen molar-refractivity contribution in [2.45, 2.75) is 13.2 Å². The van der Waals surface area contributed by atoms with Crippen LogP contribution in [-0.2, 0) is 13.7 Å². The predicted molar refractivity (Wildman–Crippen MR) is 98.2 cm³/mol. The van der Waals surface area contributed by atoms with Gasteiger partial charge in [-0.25, -0.2) is 9.07 Å². The number of hydrogen-bond acceptors (Lipinski definition) is 6. The lowest BCUT2D eigenvalue weighted by Crippen LogP contribution is -2.22. The van der Waals surface area contributed by atoms with Gasteiger partial charge in [-0.1, -0.05) is 23.2 Å². The third-order valence-electron chi connectivity index (χ3n) is 3.73. The summed E-state index contributed by atoms with van der Waals surface area (Å²) in [5.74, 6) is -2.60. The minimum atomic E-state index is -3.15. The first-order valence-electron chi connectivity index (χ1n) is 7.76. The molecule has 1 aromatic carbocycles. The molecule has 0 atom stereocenters. The summed E-state index contributed by atoms with van der Waals surface area (Å²) < 4.78 is 50.3. The lowest BCUT2D eigenvalue weighted by molar-refractivity contribution is -0.254. The molecule has 0 spiro atoms. The van der Waals surface area contributed by atoms with Crippen molar-refractivity contribution in [1.29, 1.82) is 0 Å². The third kappa shape index (κ3) is 4.44. The van der Waals surface area contributed by atoms with Crippen LogP contribution in [0.25, 0.3) is 11.3 Å². The van der Waals surface area contributed by atoms with Crippen molar-refractivity contribution < 1.29 is 32.5 Å². The van der Waals surface area contributed by atoms with Crippen molar-refractivity contribution in [1.82, 2.24) is 9.78 Å². The number of halogens is 5. The minimum absolute atomic E-state index is 0.00924. The molecule has 29 heavy (non-hydrogen) atoms. The van der Waals surface area contributed by atoms with Crippen LogP contribution in [0, 0.1) is 5.82 Å². The number of benzene rings is 1. The lowest BCUT2D eigenvalue weighted by Gasteiger charge is -2.11. The van der Waals surface area contributed by atoms with Gasteiger partial charge in [0.15, 0.2) is 0 Å². The zero-order valence-electron chi connectivity index (χ0n) is 14.4. The smallest absolute Gasteiger partial charge is 0.388 e. The molecule has 0 saturated carbocycles. The summed E-state index contributed by atoms with van der Waals surface area (Å²) in [6.45, 7) is -3.32. The molecule has 0 unspecified atom stereocenters. The molecule has 0 radical (unpaired) electrons. The summed E-state index contributed by atoms with van der Waals surface area (Å²) in [4.78, 5) is 11.1. The molecule has 0 fully saturated rings. The normalized spacial score (nSPS) is 11.1. The van der Waals surface area contributed by atoms with Crippen LogP contribution in [0.5, 0.6) is 11.6 Å². The quantitative estimate of drug-likeness (QED) is 0.524. The van der Waals surface area contributed by atoms with Crippen LogP contribution in [0.2, 0.25) is 10.0 Å². The van der Waals surface area contributed by atoms with Gasteiger partial charge in [0.2, 0.25) is 5.88 Å². The number of aromatic nitrogens is 2. The Morgan fingerprint density at radius 1 is 1.38 bits per heavy atom. The zero-order valence-corrected chi connectivity index (χ0v) is 16.7. The molecule has 6 nitrogen and oxygen atoms in total. The molecule has 0 N–H and O–H groups in total. The standard InChI is InChI=1S/C17H11Cl2F3N2O4S/c1-24-15(28-17(21)22)12(19)13(23-24)8-4-11(9(18)5-10(8)20)27-6-7-2-3-29-14(7)16(25)26/h2-5,17H,6H2,1H3,(H,25,26)/p-1. The number of carbonyl (C=O) groups excluding carboxylic acids is 1. The fraction of sp³-hybridized carbons (Fsp3) is 0.176. The monoisotopic (exact) mass is 465 g/mol. The second-order valence-corrected chi connectivity index (χ2v) is 7.28. The summed E-state index contributed by atoms with van der Waals surface area (Å²) in [5, 5.41) is 16.1. The molecular formula is C17H10Cl2F3N2O4S-. The largest absolute Gasteiger partial charge is 0.544 e. The highest BCUT2D eigenvalue weighted by Crippen LogP contribution is 2.40. The SMILES string of the molecule is Cn1nc(-c2cc(OCc3ccsc3C(=O)[O-])c(Cl)cc2F)c(Cl)c1OC(F)F. The van der Waals surface area contributed by atoms with Crippen molar-refractivity contribution in [2.24, 2.45) is 7.05 Å². The van der Waals surface area contributed by atoms with E-state index in [2.05, 4.69) is 9.84 Å². The van der Waals surface area contributed by atoms with E-state index in [4.69, 9.17) is 27.9 Å². The summed E-state index contributed by atoms with van der Waals surface area (Å²) in [5.41, 5.74) is 0.0229. The molecule has 0 bridgehead atoms. The molecule has 0 amide bonds. The molecule has 2 heterocycles. The molecular weight excluding hydrogens is 456 g/mol. The fourth-order valence-corrected chi connectivity index (χ4v) is 3.73. The number of aryl methyl sites for hydroxylation is 1. The van der Waals surface area contributed by atoms with Gasteiger partial charge in [-0.15, -0.1) is 11.3 Å². The molecule has 3 aromatic rings. The summed E-state index contributed by atoms with van der Waals surface area (Å²) in [6, 6.07) is 3.67. The third-order valence-corrected chi connectivity index (χ3v) is 5.31. The van der Waals surface area contributed by atoms with E-state index in [1.165, 1.54) is 19.2 Å². The number of carboxylic acid groups (broad SMARTS) is 1. The maximum absolute atomic E-state index is 14.5. The van der Waals surface area contributed by atoms with E-state index >= 15 is 0 Å². The van der Waals surface area contributed by atoms with Crippen LogP contribution >= 0.6 is 34.5 Å². The van der Waals surface area contributed by atoms with Gasteiger partial charge in [-0.2, -0.15) is 13.9 Å². The van der Waals surface area contributed by atoms with Crippen LogP contribution in [0.4, 0.5) is 13.2 Å². The number of carboxylic acids is 1. The number of ether oxygens (including phenoxy) is 2. The Bertz CT molecular complexity index is 1070. The van der Waals surface area contributed by atoms with E-state index in [0.717, 1.165) is 22.1 Å². The van der Waals surface area contributed by atoms with Gasteiger partial charge in [0.05, 0.1) is 15.9 Å². The van der Waals surface area contributed by atoms with Crippen molar-refractivity contribution in [2.75, 3.05) is 0 Å². The van der Waals surface area contributed by atoms with E-state index in [1.54, 1.807) is 5.38 Å². The fourth-order valence-electron chi connectivity index (χ4n) is 2.47. The zero-order chi connectivity index (χ0) is 21.3. The number of rotatable bonds is 7. The first-order valence-corrected chi connectivity index (χ1v) is 9.39. The highest BCUT2D eigenvalue weighted by atomic mass is 35.5.